The van der Waals surface area contributed by atoms with Crippen LogP contribution in [0.2, 0.25) is 0 Å². The molecular formula is C29H30FN3O3. The summed E-state index contributed by atoms with van der Waals surface area (Å²) in [6.07, 6.45) is 2.08. The SMILES string of the molecule is CCC(N)(CC)c1ccc(N/C(=C2\C(=O)Nc3cc(F)ccc32)c2ccc(CCC(=O)O)cc2)cc1. The van der Waals surface area contributed by atoms with Gasteiger partial charge in [-0.05, 0) is 66.3 Å². The quantitative estimate of drug-likeness (QED) is 0.288. The summed E-state index contributed by atoms with van der Waals surface area (Å²) in [5.41, 5.74) is 11.6. The second kappa shape index (κ2) is 10.3. The molecule has 1 heterocycles. The number of hydrogen-bond donors (Lipinski definition) is 4. The predicted molar refractivity (Wildman–Crippen MR) is 141 cm³/mol. The lowest BCUT2D eigenvalue weighted by atomic mass is 9.86. The Kier molecular flexibility index (Phi) is 7.22. The van der Waals surface area contributed by atoms with Crippen LogP contribution in [-0.4, -0.2) is 17.0 Å². The predicted octanol–water partition coefficient (Wildman–Crippen LogP) is 5.75. The van der Waals surface area contributed by atoms with E-state index in [0.717, 1.165) is 35.2 Å². The molecule has 5 N–H and O–H groups in total. The van der Waals surface area contributed by atoms with Crippen LogP contribution < -0.4 is 16.4 Å². The number of carbonyl (C=O) groups is 2. The van der Waals surface area contributed by atoms with Gasteiger partial charge in [0.1, 0.15) is 5.82 Å². The molecule has 0 radical (unpaired) electrons. The van der Waals surface area contributed by atoms with Crippen LogP contribution in [0.3, 0.4) is 0 Å². The number of fused-ring (bicyclic) bond motifs is 1. The first-order valence-corrected chi connectivity index (χ1v) is 12.1. The van der Waals surface area contributed by atoms with Gasteiger partial charge >= 0.3 is 5.97 Å². The first kappa shape index (κ1) is 25.1. The number of nitrogens with one attached hydrogen (secondary N) is 2. The Hall–Kier alpha value is -3.97. The van der Waals surface area contributed by atoms with E-state index < -0.39 is 17.3 Å². The van der Waals surface area contributed by atoms with Gasteiger partial charge in [-0.3, -0.25) is 9.59 Å². The number of benzene rings is 3. The summed E-state index contributed by atoms with van der Waals surface area (Å²) >= 11 is 0. The third-order valence-corrected chi connectivity index (χ3v) is 6.84. The van der Waals surface area contributed by atoms with E-state index in [2.05, 4.69) is 24.5 Å². The van der Waals surface area contributed by atoms with Gasteiger partial charge in [-0.1, -0.05) is 50.2 Å². The van der Waals surface area contributed by atoms with Crippen LogP contribution in [0.4, 0.5) is 15.8 Å². The minimum absolute atomic E-state index is 0.0391. The summed E-state index contributed by atoms with van der Waals surface area (Å²) in [5, 5.41) is 15.1. The first-order valence-electron chi connectivity index (χ1n) is 12.1. The zero-order valence-corrected chi connectivity index (χ0v) is 20.4. The summed E-state index contributed by atoms with van der Waals surface area (Å²) in [6.45, 7) is 4.13. The van der Waals surface area contributed by atoms with E-state index in [1.54, 1.807) is 6.07 Å². The Bertz CT molecular complexity index is 1310. The molecule has 1 amide bonds. The Morgan fingerprint density at radius 2 is 1.69 bits per heavy atom. The number of hydrogen-bond acceptors (Lipinski definition) is 4. The van der Waals surface area contributed by atoms with Crippen molar-refractivity contribution in [3.8, 4) is 0 Å². The molecule has 0 saturated carbocycles. The second-order valence-corrected chi connectivity index (χ2v) is 9.05. The number of anilines is 2. The van der Waals surface area contributed by atoms with Gasteiger partial charge in [-0.15, -0.1) is 0 Å². The highest BCUT2D eigenvalue weighted by molar-refractivity contribution is 6.37. The Balaban J connectivity index is 1.76. The van der Waals surface area contributed by atoms with E-state index >= 15 is 0 Å². The van der Waals surface area contributed by atoms with Gasteiger partial charge in [-0.25, -0.2) is 4.39 Å². The number of aryl methyl sites for hydroxylation is 1. The number of carboxylic acid groups (broad SMARTS) is 1. The van der Waals surface area contributed by atoms with Gasteiger partial charge in [0, 0.05) is 23.2 Å². The number of carboxylic acids is 1. The molecule has 0 aromatic heterocycles. The average Bonchev–Trinajstić information content (AvgIpc) is 3.20. The summed E-state index contributed by atoms with van der Waals surface area (Å²) in [4.78, 5) is 24.0. The van der Waals surface area contributed by atoms with E-state index in [4.69, 9.17) is 10.8 Å². The number of amides is 1. The van der Waals surface area contributed by atoms with Crippen molar-refractivity contribution in [2.45, 2.75) is 45.1 Å². The van der Waals surface area contributed by atoms with Crippen molar-refractivity contribution in [3.63, 3.8) is 0 Å². The van der Waals surface area contributed by atoms with Crippen LogP contribution in [0.25, 0.3) is 11.3 Å². The van der Waals surface area contributed by atoms with Gasteiger partial charge in [0.05, 0.1) is 17.0 Å². The van der Waals surface area contributed by atoms with Crippen molar-refractivity contribution in [3.05, 3.63) is 94.8 Å². The molecule has 1 aliphatic heterocycles. The number of halogens is 1. The summed E-state index contributed by atoms with van der Waals surface area (Å²) in [5.74, 6) is -1.62. The standard InChI is InChI=1S/C29H30FN3O3/c1-3-29(31,4-2)20-10-13-22(14-11-20)32-27(19-8-5-18(6-9-19)7-16-25(34)35)26-23-15-12-21(30)17-24(23)33-28(26)36/h5-6,8-15,17,32H,3-4,7,16,31H2,1-2H3,(H,33,36)(H,34,35)/b27-26-. The normalized spacial score (nSPS) is 14.3. The molecule has 0 aliphatic carbocycles. The van der Waals surface area contributed by atoms with Crippen molar-refractivity contribution >= 4 is 34.5 Å². The zero-order valence-electron chi connectivity index (χ0n) is 20.4. The van der Waals surface area contributed by atoms with E-state index in [-0.39, 0.29) is 12.3 Å². The van der Waals surface area contributed by atoms with Gasteiger partial charge in [0.2, 0.25) is 0 Å². The smallest absolute Gasteiger partial charge is 0.303 e. The van der Waals surface area contributed by atoms with Crippen molar-refractivity contribution in [2.24, 2.45) is 5.73 Å². The maximum atomic E-state index is 13.8. The molecule has 0 fully saturated rings. The summed E-state index contributed by atoms with van der Waals surface area (Å²) in [7, 11) is 0. The highest BCUT2D eigenvalue weighted by Crippen LogP contribution is 2.38. The third kappa shape index (κ3) is 5.16. The lowest BCUT2D eigenvalue weighted by Gasteiger charge is -2.27. The number of carbonyl (C=O) groups excluding carboxylic acids is 1. The molecule has 3 aromatic rings. The molecule has 4 rings (SSSR count). The van der Waals surface area contributed by atoms with Crippen molar-refractivity contribution in [2.75, 3.05) is 10.6 Å². The van der Waals surface area contributed by atoms with Gasteiger partial charge in [-0.2, -0.15) is 0 Å². The first-order chi connectivity index (χ1) is 17.2. The van der Waals surface area contributed by atoms with E-state index in [0.29, 0.717) is 28.9 Å². The molecule has 0 atom stereocenters. The number of rotatable bonds is 9. The molecule has 1 aliphatic rings. The fourth-order valence-electron chi connectivity index (χ4n) is 4.45. The minimum Gasteiger partial charge on any atom is -0.481 e. The van der Waals surface area contributed by atoms with Crippen molar-refractivity contribution in [1.29, 1.82) is 0 Å². The van der Waals surface area contributed by atoms with Crippen LogP contribution in [0.15, 0.2) is 66.7 Å². The summed E-state index contributed by atoms with van der Waals surface area (Å²) in [6, 6.07) is 19.5. The van der Waals surface area contributed by atoms with Gasteiger partial charge in [0.15, 0.2) is 0 Å². The van der Waals surface area contributed by atoms with Crippen LogP contribution in [-0.2, 0) is 21.5 Å². The molecule has 7 heteroatoms. The van der Waals surface area contributed by atoms with E-state index in [1.807, 2.05) is 48.5 Å². The molecular weight excluding hydrogens is 457 g/mol. The topological polar surface area (TPSA) is 104 Å². The van der Waals surface area contributed by atoms with Gasteiger partial charge in [0.25, 0.3) is 5.91 Å². The highest BCUT2D eigenvalue weighted by Gasteiger charge is 2.29. The fourth-order valence-corrected chi connectivity index (χ4v) is 4.45. The number of aliphatic carboxylic acids is 1. The third-order valence-electron chi connectivity index (χ3n) is 6.84. The Morgan fingerprint density at radius 1 is 1.03 bits per heavy atom. The monoisotopic (exact) mass is 487 g/mol. The molecule has 186 valence electrons. The van der Waals surface area contributed by atoms with E-state index in [1.165, 1.54) is 12.1 Å². The molecule has 36 heavy (non-hydrogen) atoms. The zero-order chi connectivity index (χ0) is 25.9. The van der Waals surface area contributed by atoms with Gasteiger partial charge < -0.3 is 21.5 Å². The second-order valence-electron chi connectivity index (χ2n) is 9.05. The van der Waals surface area contributed by atoms with Crippen molar-refractivity contribution in [1.82, 2.24) is 0 Å². The summed E-state index contributed by atoms with van der Waals surface area (Å²) < 4.78 is 13.8. The average molecular weight is 488 g/mol. The molecule has 3 aromatic carbocycles. The Morgan fingerprint density at radius 3 is 2.31 bits per heavy atom. The minimum atomic E-state index is -0.855. The van der Waals surface area contributed by atoms with E-state index in [9.17, 15) is 14.0 Å². The lowest BCUT2D eigenvalue weighted by molar-refractivity contribution is -0.137. The Labute approximate surface area is 210 Å². The van der Waals surface area contributed by atoms with Crippen LogP contribution in [0.5, 0.6) is 0 Å². The maximum Gasteiger partial charge on any atom is 0.303 e. The van der Waals surface area contributed by atoms with Crippen LogP contribution >= 0.6 is 0 Å². The molecule has 0 bridgehead atoms. The molecule has 6 nitrogen and oxygen atoms in total. The fraction of sp³-hybridized carbons (Fsp3) is 0.241. The van der Waals surface area contributed by atoms with Crippen LogP contribution in [0.1, 0.15) is 55.4 Å². The number of nitrogens with two attached hydrogens (primary N) is 1. The molecule has 0 spiro atoms. The highest BCUT2D eigenvalue weighted by atomic mass is 19.1. The van der Waals surface area contributed by atoms with Crippen LogP contribution in [0, 0.1) is 5.82 Å². The largest absolute Gasteiger partial charge is 0.481 e. The molecule has 0 unspecified atom stereocenters. The lowest BCUT2D eigenvalue weighted by Crippen LogP contribution is -2.34. The maximum absolute atomic E-state index is 13.8. The molecule has 0 saturated heterocycles. The van der Waals surface area contributed by atoms with Crippen molar-refractivity contribution < 1.29 is 19.1 Å².